The van der Waals surface area contributed by atoms with Crippen molar-refractivity contribution in [2.75, 3.05) is 11.1 Å². The van der Waals surface area contributed by atoms with Gasteiger partial charge in [0.1, 0.15) is 5.01 Å². The smallest absolute Gasteiger partial charge is 0.259 e. The lowest BCUT2D eigenvalue weighted by Gasteiger charge is -2.06. The molecule has 88 valence electrons. The first-order chi connectivity index (χ1) is 8.08. The summed E-state index contributed by atoms with van der Waals surface area (Å²) in [7, 11) is 0. The van der Waals surface area contributed by atoms with E-state index in [1.807, 2.05) is 19.9 Å². The second-order valence-corrected chi connectivity index (χ2v) is 4.80. The zero-order chi connectivity index (χ0) is 12.4. The number of aromatic nitrogens is 2. The van der Waals surface area contributed by atoms with Crippen LogP contribution >= 0.6 is 11.3 Å². The third-order valence-electron chi connectivity index (χ3n) is 2.32. The Kier molecular flexibility index (Phi) is 3.06. The van der Waals surface area contributed by atoms with E-state index in [-0.39, 0.29) is 5.91 Å². The summed E-state index contributed by atoms with van der Waals surface area (Å²) in [6, 6.07) is 5.35. The average molecular weight is 248 g/mol. The van der Waals surface area contributed by atoms with Crippen molar-refractivity contribution in [3.8, 4) is 0 Å². The molecule has 0 fully saturated rings. The van der Waals surface area contributed by atoms with Crippen molar-refractivity contribution < 1.29 is 4.79 Å². The normalized spacial score (nSPS) is 10.2. The van der Waals surface area contributed by atoms with E-state index in [2.05, 4.69) is 15.5 Å². The second kappa shape index (κ2) is 4.50. The van der Waals surface area contributed by atoms with Crippen LogP contribution in [0.3, 0.4) is 0 Å². The maximum absolute atomic E-state index is 11.9. The van der Waals surface area contributed by atoms with Crippen LogP contribution in [0.25, 0.3) is 0 Å². The lowest BCUT2D eigenvalue weighted by molar-refractivity contribution is 0.102. The predicted molar refractivity (Wildman–Crippen MR) is 68.2 cm³/mol. The SMILES string of the molecule is Cc1nnc(NC(=O)c2cccc(C)c2N)s1. The summed E-state index contributed by atoms with van der Waals surface area (Å²) in [6.45, 7) is 3.69. The molecule has 17 heavy (non-hydrogen) atoms. The van der Waals surface area contributed by atoms with Crippen LogP contribution in [-0.4, -0.2) is 16.1 Å². The molecule has 2 aromatic rings. The van der Waals surface area contributed by atoms with Crippen molar-refractivity contribution >= 4 is 28.1 Å². The standard InChI is InChI=1S/C11H12N4OS/c1-6-4-3-5-8(9(6)12)10(16)13-11-15-14-7(2)17-11/h3-5H,12H2,1-2H3,(H,13,15,16). The van der Waals surface area contributed by atoms with Gasteiger partial charge >= 0.3 is 0 Å². The number of rotatable bonds is 2. The lowest BCUT2D eigenvalue weighted by Crippen LogP contribution is -2.14. The molecule has 0 radical (unpaired) electrons. The maximum Gasteiger partial charge on any atom is 0.259 e. The van der Waals surface area contributed by atoms with Crippen LogP contribution in [0.15, 0.2) is 18.2 Å². The van der Waals surface area contributed by atoms with Crippen LogP contribution < -0.4 is 11.1 Å². The van der Waals surface area contributed by atoms with Crippen molar-refractivity contribution in [3.63, 3.8) is 0 Å². The van der Waals surface area contributed by atoms with Gasteiger partial charge in [0.05, 0.1) is 5.56 Å². The van der Waals surface area contributed by atoms with Gasteiger partial charge < -0.3 is 5.73 Å². The molecule has 6 heteroatoms. The summed E-state index contributed by atoms with van der Waals surface area (Å²) in [5.74, 6) is -0.262. The highest BCUT2D eigenvalue weighted by Crippen LogP contribution is 2.19. The van der Waals surface area contributed by atoms with Gasteiger partial charge in [-0.25, -0.2) is 0 Å². The fraction of sp³-hybridized carbons (Fsp3) is 0.182. The molecule has 0 spiro atoms. The van der Waals surface area contributed by atoms with Crippen LogP contribution in [0.5, 0.6) is 0 Å². The zero-order valence-electron chi connectivity index (χ0n) is 9.52. The number of nitrogens with zero attached hydrogens (tertiary/aromatic N) is 2. The Balaban J connectivity index is 2.23. The summed E-state index contributed by atoms with van der Waals surface area (Å²) in [6.07, 6.45) is 0. The van der Waals surface area contributed by atoms with Gasteiger partial charge in [0.2, 0.25) is 5.13 Å². The Hall–Kier alpha value is -1.95. The Bertz CT molecular complexity index is 564. The number of benzene rings is 1. The van der Waals surface area contributed by atoms with Crippen LogP contribution in [-0.2, 0) is 0 Å². The number of carbonyl (C=O) groups is 1. The number of hydrogen-bond acceptors (Lipinski definition) is 5. The molecule has 0 saturated carbocycles. The first kappa shape index (κ1) is 11.5. The van der Waals surface area contributed by atoms with Gasteiger partial charge in [0, 0.05) is 5.69 Å². The monoisotopic (exact) mass is 248 g/mol. The molecule has 1 aromatic carbocycles. The van der Waals surface area contributed by atoms with Crippen molar-refractivity contribution in [1.29, 1.82) is 0 Å². The molecule has 0 aliphatic heterocycles. The Morgan fingerprint density at radius 1 is 1.35 bits per heavy atom. The average Bonchev–Trinajstić information content (AvgIpc) is 2.68. The Morgan fingerprint density at radius 3 is 2.76 bits per heavy atom. The number of nitrogens with two attached hydrogens (primary N) is 1. The van der Waals surface area contributed by atoms with E-state index in [0.29, 0.717) is 16.4 Å². The highest BCUT2D eigenvalue weighted by molar-refractivity contribution is 7.15. The minimum atomic E-state index is -0.262. The zero-order valence-corrected chi connectivity index (χ0v) is 10.3. The van der Waals surface area contributed by atoms with Crippen LogP contribution in [0.4, 0.5) is 10.8 Å². The highest BCUT2D eigenvalue weighted by atomic mass is 32.1. The first-order valence-corrected chi connectivity index (χ1v) is 5.86. The number of nitrogens with one attached hydrogen (secondary N) is 1. The number of amides is 1. The lowest BCUT2D eigenvalue weighted by atomic mass is 10.1. The van der Waals surface area contributed by atoms with Gasteiger partial charge in [-0.2, -0.15) is 0 Å². The molecule has 1 aromatic heterocycles. The minimum Gasteiger partial charge on any atom is -0.398 e. The van der Waals surface area contributed by atoms with Gasteiger partial charge in [0.25, 0.3) is 5.91 Å². The fourth-order valence-corrected chi connectivity index (χ4v) is 1.98. The van der Waals surface area contributed by atoms with E-state index in [9.17, 15) is 4.79 Å². The van der Waals surface area contributed by atoms with E-state index in [0.717, 1.165) is 10.6 Å². The number of para-hydroxylation sites is 1. The molecule has 0 bridgehead atoms. The van der Waals surface area contributed by atoms with E-state index >= 15 is 0 Å². The largest absolute Gasteiger partial charge is 0.398 e. The summed E-state index contributed by atoms with van der Waals surface area (Å²) >= 11 is 1.33. The summed E-state index contributed by atoms with van der Waals surface area (Å²) in [5.41, 5.74) is 7.68. The predicted octanol–water partition coefficient (Wildman–Crippen LogP) is 1.99. The molecule has 0 aliphatic rings. The van der Waals surface area contributed by atoms with Gasteiger partial charge in [-0.3, -0.25) is 10.1 Å². The summed E-state index contributed by atoms with van der Waals surface area (Å²) < 4.78 is 0. The van der Waals surface area contributed by atoms with Crippen molar-refractivity contribution in [1.82, 2.24) is 10.2 Å². The second-order valence-electron chi connectivity index (χ2n) is 3.62. The van der Waals surface area contributed by atoms with Gasteiger partial charge in [-0.15, -0.1) is 10.2 Å². The first-order valence-electron chi connectivity index (χ1n) is 5.04. The van der Waals surface area contributed by atoms with E-state index in [1.54, 1.807) is 12.1 Å². The summed E-state index contributed by atoms with van der Waals surface area (Å²) in [4.78, 5) is 11.9. The van der Waals surface area contributed by atoms with Gasteiger partial charge in [-0.05, 0) is 25.5 Å². The molecule has 3 N–H and O–H groups in total. The third-order valence-corrected chi connectivity index (χ3v) is 3.07. The van der Waals surface area contributed by atoms with Crippen LogP contribution in [0.1, 0.15) is 20.9 Å². The fourth-order valence-electron chi connectivity index (χ4n) is 1.39. The number of anilines is 2. The minimum absolute atomic E-state index is 0.262. The quantitative estimate of drug-likeness (QED) is 0.796. The maximum atomic E-state index is 11.9. The molecule has 0 unspecified atom stereocenters. The molecular weight excluding hydrogens is 236 g/mol. The molecular formula is C11H12N4OS. The topological polar surface area (TPSA) is 80.9 Å². The van der Waals surface area contributed by atoms with Gasteiger partial charge in [0.15, 0.2) is 0 Å². The number of nitrogen functional groups attached to an aromatic ring is 1. The molecule has 5 nitrogen and oxygen atoms in total. The van der Waals surface area contributed by atoms with Gasteiger partial charge in [-0.1, -0.05) is 23.5 Å². The molecule has 0 atom stereocenters. The van der Waals surface area contributed by atoms with Crippen LogP contribution in [0.2, 0.25) is 0 Å². The number of aryl methyl sites for hydroxylation is 2. The van der Waals surface area contributed by atoms with Crippen molar-refractivity contribution in [3.05, 3.63) is 34.3 Å². The van der Waals surface area contributed by atoms with E-state index < -0.39 is 0 Å². The molecule has 0 aliphatic carbocycles. The number of hydrogen-bond donors (Lipinski definition) is 2. The third kappa shape index (κ3) is 2.42. The molecule has 0 saturated heterocycles. The molecule has 2 rings (SSSR count). The van der Waals surface area contributed by atoms with E-state index in [1.165, 1.54) is 11.3 Å². The van der Waals surface area contributed by atoms with E-state index in [4.69, 9.17) is 5.73 Å². The Labute approximate surface area is 103 Å². The van der Waals surface area contributed by atoms with Crippen LogP contribution in [0, 0.1) is 13.8 Å². The summed E-state index contributed by atoms with van der Waals surface area (Å²) in [5, 5.41) is 11.6. The number of carbonyl (C=O) groups excluding carboxylic acids is 1. The van der Waals surface area contributed by atoms with Crippen molar-refractivity contribution in [2.24, 2.45) is 0 Å². The Morgan fingerprint density at radius 2 is 2.12 bits per heavy atom. The van der Waals surface area contributed by atoms with Crippen molar-refractivity contribution in [2.45, 2.75) is 13.8 Å². The molecule has 1 heterocycles. The molecule has 1 amide bonds. The highest BCUT2D eigenvalue weighted by Gasteiger charge is 2.12.